The number of nitriles is 1. The third-order valence-corrected chi connectivity index (χ3v) is 3.27. The van der Waals surface area contributed by atoms with Crippen molar-refractivity contribution in [3.63, 3.8) is 0 Å². The number of nitrogens with zero attached hydrogens (tertiary/aromatic N) is 1. The van der Waals surface area contributed by atoms with Gasteiger partial charge in [-0.25, -0.2) is 0 Å². The van der Waals surface area contributed by atoms with Gasteiger partial charge in [-0.15, -0.1) is 0 Å². The molecule has 0 aromatic heterocycles. The molecule has 2 aromatic carbocycles. The molecular weight excluding hydrogens is 318 g/mol. The summed E-state index contributed by atoms with van der Waals surface area (Å²) in [5.41, 5.74) is 1.60. The quantitative estimate of drug-likeness (QED) is 0.775. The Kier molecular flexibility index (Phi) is 5.03. The van der Waals surface area contributed by atoms with Crippen molar-refractivity contribution in [1.29, 1.82) is 5.26 Å². The summed E-state index contributed by atoms with van der Waals surface area (Å²) < 4.78 is 12.2. The highest BCUT2D eigenvalue weighted by atomic mass is 79.9. The zero-order valence-corrected chi connectivity index (χ0v) is 12.7. The summed E-state index contributed by atoms with van der Waals surface area (Å²) in [4.78, 5) is 0. The number of aryl methyl sites for hydroxylation is 1. The predicted molar refractivity (Wildman–Crippen MR) is 81.0 cm³/mol. The van der Waals surface area contributed by atoms with E-state index in [1.54, 1.807) is 12.1 Å². The minimum atomic E-state index is 0.436. The van der Waals surface area contributed by atoms with Crippen LogP contribution in [0.1, 0.15) is 11.1 Å². The summed E-state index contributed by atoms with van der Waals surface area (Å²) >= 11 is 3.37. The molecule has 0 fully saturated rings. The van der Waals surface area contributed by atoms with Gasteiger partial charge in [-0.2, -0.15) is 5.26 Å². The van der Waals surface area contributed by atoms with Crippen LogP contribution in [0.5, 0.6) is 11.5 Å². The maximum Gasteiger partial charge on any atom is 0.123 e. The van der Waals surface area contributed by atoms with E-state index in [0.717, 1.165) is 21.5 Å². The molecule has 0 aliphatic rings. The lowest BCUT2D eigenvalue weighted by atomic mass is 10.1. The molecule has 3 nitrogen and oxygen atoms in total. The van der Waals surface area contributed by atoms with Crippen LogP contribution in [0.25, 0.3) is 0 Å². The smallest absolute Gasteiger partial charge is 0.123 e. The highest BCUT2D eigenvalue weighted by Crippen LogP contribution is 2.19. The Hall–Kier alpha value is -1.99. The summed E-state index contributed by atoms with van der Waals surface area (Å²) in [6, 6.07) is 15.1. The zero-order valence-electron chi connectivity index (χ0n) is 11.1. The van der Waals surface area contributed by atoms with Gasteiger partial charge in [0.2, 0.25) is 0 Å². The first-order valence-corrected chi connectivity index (χ1v) is 7.00. The minimum Gasteiger partial charge on any atom is -0.490 e. The van der Waals surface area contributed by atoms with E-state index in [4.69, 9.17) is 14.7 Å². The summed E-state index contributed by atoms with van der Waals surface area (Å²) in [6.07, 6.45) is 0. The van der Waals surface area contributed by atoms with Gasteiger partial charge in [0.25, 0.3) is 0 Å². The second kappa shape index (κ2) is 6.97. The highest BCUT2D eigenvalue weighted by molar-refractivity contribution is 9.10. The summed E-state index contributed by atoms with van der Waals surface area (Å²) in [6.45, 7) is 2.84. The molecule has 0 N–H and O–H groups in total. The largest absolute Gasteiger partial charge is 0.490 e. The van der Waals surface area contributed by atoms with Crippen molar-refractivity contribution in [2.45, 2.75) is 6.92 Å². The second-order valence-corrected chi connectivity index (χ2v) is 5.16. The molecule has 0 amide bonds. The van der Waals surface area contributed by atoms with Crippen LogP contribution in [0.4, 0.5) is 0 Å². The van der Waals surface area contributed by atoms with Crippen LogP contribution < -0.4 is 9.47 Å². The van der Waals surface area contributed by atoms with Crippen molar-refractivity contribution in [3.8, 4) is 17.6 Å². The lowest BCUT2D eigenvalue weighted by Gasteiger charge is -2.10. The average molecular weight is 332 g/mol. The Morgan fingerprint density at radius 3 is 2.45 bits per heavy atom. The molecule has 0 bridgehead atoms. The maximum atomic E-state index is 8.86. The third-order valence-electron chi connectivity index (χ3n) is 2.74. The number of ether oxygens (including phenoxy) is 2. The Balaban J connectivity index is 1.84. The minimum absolute atomic E-state index is 0.436. The fourth-order valence-corrected chi connectivity index (χ4v) is 1.93. The molecule has 0 spiro atoms. The van der Waals surface area contributed by atoms with Crippen LogP contribution >= 0.6 is 15.9 Å². The van der Waals surface area contributed by atoms with Crippen molar-refractivity contribution in [3.05, 3.63) is 58.1 Å². The molecule has 102 valence electrons. The van der Waals surface area contributed by atoms with Crippen LogP contribution in [-0.4, -0.2) is 13.2 Å². The van der Waals surface area contributed by atoms with Crippen LogP contribution in [-0.2, 0) is 0 Å². The normalized spacial score (nSPS) is 9.85. The van der Waals surface area contributed by atoms with Crippen LogP contribution in [0, 0.1) is 18.3 Å². The highest BCUT2D eigenvalue weighted by Gasteiger charge is 2.01. The van der Waals surface area contributed by atoms with Gasteiger partial charge in [0, 0.05) is 4.47 Å². The van der Waals surface area contributed by atoms with Crippen molar-refractivity contribution in [2.24, 2.45) is 0 Å². The predicted octanol–water partition coefficient (Wildman–Crippen LogP) is 4.09. The van der Waals surface area contributed by atoms with Gasteiger partial charge in [0.05, 0.1) is 11.6 Å². The topological polar surface area (TPSA) is 42.2 Å². The van der Waals surface area contributed by atoms with E-state index in [2.05, 4.69) is 22.0 Å². The molecular formula is C16H14BrNO2. The van der Waals surface area contributed by atoms with E-state index in [1.807, 2.05) is 37.3 Å². The first-order valence-electron chi connectivity index (χ1n) is 6.21. The van der Waals surface area contributed by atoms with Gasteiger partial charge < -0.3 is 9.47 Å². The summed E-state index contributed by atoms with van der Waals surface area (Å²) in [7, 11) is 0. The first kappa shape index (κ1) is 14.4. The molecule has 0 aliphatic heterocycles. The molecule has 0 heterocycles. The SMILES string of the molecule is Cc1ccc(C#N)cc1OCCOc1ccc(Br)cc1. The molecule has 2 aromatic rings. The number of benzene rings is 2. The first-order chi connectivity index (χ1) is 9.69. The van der Waals surface area contributed by atoms with E-state index in [1.165, 1.54) is 0 Å². The maximum absolute atomic E-state index is 8.86. The number of rotatable bonds is 5. The molecule has 0 saturated carbocycles. The van der Waals surface area contributed by atoms with Crippen molar-refractivity contribution in [1.82, 2.24) is 0 Å². The Morgan fingerprint density at radius 1 is 1.05 bits per heavy atom. The third kappa shape index (κ3) is 4.01. The second-order valence-electron chi connectivity index (χ2n) is 4.24. The van der Waals surface area contributed by atoms with E-state index >= 15 is 0 Å². The number of halogens is 1. The molecule has 0 aliphatic carbocycles. The summed E-state index contributed by atoms with van der Waals surface area (Å²) in [5, 5.41) is 8.86. The fraction of sp³-hybridized carbons (Fsp3) is 0.188. The number of hydrogen-bond donors (Lipinski definition) is 0. The monoisotopic (exact) mass is 331 g/mol. The summed E-state index contributed by atoms with van der Waals surface area (Å²) in [5.74, 6) is 1.53. The van der Waals surface area contributed by atoms with Gasteiger partial charge in [-0.1, -0.05) is 22.0 Å². The van der Waals surface area contributed by atoms with Crippen molar-refractivity contribution >= 4 is 15.9 Å². The van der Waals surface area contributed by atoms with Gasteiger partial charge in [0.1, 0.15) is 24.7 Å². The Labute approximate surface area is 126 Å². The van der Waals surface area contributed by atoms with E-state index in [-0.39, 0.29) is 0 Å². The molecule has 20 heavy (non-hydrogen) atoms. The Bertz CT molecular complexity index is 617. The molecule has 0 atom stereocenters. The van der Waals surface area contributed by atoms with Crippen molar-refractivity contribution in [2.75, 3.05) is 13.2 Å². The van der Waals surface area contributed by atoms with Crippen LogP contribution in [0.2, 0.25) is 0 Å². The van der Waals surface area contributed by atoms with E-state index < -0.39 is 0 Å². The van der Waals surface area contributed by atoms with E-state index in [0.29, 0.717) is 18.8 Å². The Morgan fingerprint density at radius 2 is 1.75 bits per heavy atom. The standard InChI is InChI=1S/C16H14BrNO2/c1-12-2-3-13(11-18)10-16(12)20-9-8-19-15-6-4-14(17)5-7-15/h2-7,10H,8-9H2,1H3. The molecule has 4 heteroatoms. The molecule has 0 radical (unpaired) electrons. The lowest BCUT2D eigenvalue weighted by Crippen LogP contribution is -2.09. The van der Waals surface area contributed by atoms with Gasteiger partial charge in [-0.3, -0.25) is 0 Å². The van der Waals surface area contributed by atoms with Gasteiger partial charge in [-0.05, 0) is 48.9 Å². The van der Waals surface area contributed by atoms with Gasteiger partial charge >= 0.3 is 0 Å². The van der Waals surface area contributed by atoms with Crippen molar-refractivity contribution < 1.29 is 9.47 Å². The zero-order chi connectivity index (χ0) is 14.4. The molecule has 0 saturated heterocycles. The van der Waals surface area contributed by atoms with Crippen LogP contribution in [0.3, 0.4) is 0 Å². The fourth-order valence-electron chi connectivity index (χ4n) is 1.67. The average Bonchev–Trinajstić information content (AvgIpc) is 2.47. The molecule has 0 unspecified atom stereocenters. The molecule has 2 rings (SSSR count). The number of hydrogen-bond acceptors (Lipinski definition) is 3. The van der Waals surface area contributed by atoms with E-state index in [9.17, 15) is 0 Å². The van der Waals surface area contributed by atoms with Crippen LogP contribution in [0.15, 0.2) is 46.9 Å². The lowest BCUT2D eigenvalue weighted by molar-refractivity contribution is 0.216. The van der Waals surface area contributed by atoms with Gasteiger partial charge in [0.15, 0.2) is 0 Å².